The largest absolute Gasteiger partial charge is 0.497 e. The van der Waals surface area contributed by atoms with Gasteiger partial charge in [-0.2, -0.15) is 0 Å². The number of hydrogen-bond acceptors (Lipinski definition) is 7. The Kier molecular flexibility index (Phi) is 4.82. The fourth-order valence-corrected chi connectivity index (χ4v) is 4.71. The van der Waals surface area contributed by atoms with Crippen LogP contribution < -0.4 is 14.8 Å². The highest BCUT2D eigenvalue weighted by atomic mass is 32.1. The summed E-state index contributed by atoms with van der Waals surface area (Å²) in [4.78, 5) is 23.8. The lowest BCUT2D eigenvalue weighted by molar-refractivity contribution is 0.0955. The first-order chi connectivity index (χ1) is 14.7. The van der Waals surface area contributed by atoms with Crippen molar-refractivity contribution in [3.63, 3.8) is 0 Å². The van der Waals surface area contributed by atoms with Gasteiger partial charge in [0.1, 0.15) is 16.3 Å². The molecule has 150 valence electrons. The van der Waals surface area contributed by atoms with Crippen LogP contribution in [-0.2, 0) is 6.54 Å². The van der Waals surface area contributed by atoms with Gasteiger partial charge >= 0.3 is 0 Å². The quantitative estimate of drug-likeness (QED) is 0.416. The zero-order valence-electron chi connectivity index (χ0n) is 15.9. The van der Waals surface area contributed by atoms with Gasteiger partial charge in [-0.3, -0.25) is 9.20 Å². The lowest BCUT2D eigenvalue weighted by Gasteiger charge is -2.08. The van der Waals surface area contributed by atoms with Crippen molar-refractivity contribution in [3.05, 3.63) is 70.7 Å². The van der Waals surface area contributed by atoms with Crippen LogP contribution in [0.4, 0.5) is 0 Å². The van der Waals surface area contributed by atoms with E-state index in [2.05, 4.69) is 15.3 Å². The third-order valence-electron chi connectivity index (χ3n) is 4.48. The molecule has 0 saturated carbocycles. The van der Waals surface area contributed by atoms with Crippen molar-refractivity contribution in [2.24, 2.45) is 0 Å². The maximum absolute atomic E-state index is 12.5. The van der Waals surface area contributed by atoms with Crippen molar-refractivity contribution in [1.29, 1.82) is 0 Å². The van der Waals surface area contributed by atoms with Crippen LogP contribution in [0, 0.1) is 0 Å². The Morgan fingerprint density at radius 3 is 2.93 bits per heavy atom. The van der Waals surface area contributed by atoms with Gasteiger partial charge in [0.05, 0.1) is 17.5 Å². The Bertz CT molecular complexity index is 1340. The minimum absolute atomic E-state index is 0.126. The number of pyridine rings is 1. The number of thiophene rings is 1. The van der Waals surface area contributed by atoms with Gasteiger partial charge in [0.25, 0.3) is 5.91 Å². The summed E-state index contributed by atoms with van der Waals surface area (Å²) in [6.45, 7) is 0.377. The number of nitrogens with zero attached hydrogens (tertiary/aromatic N) is 3. The smallest absolute Gasteiger partial charge is 0.261 e. The lowest BCUT2D eigenvalue weighted by atomic mass is 10.3. The van der Waals surface area contributed by atoms with E-state index in [1.807, 2.05) is 46.3 Å². The molecular formula is C21H16N4O3S2. The van der Waals surface area contributed by atoms with Crippen LogP contribution >= 0.6 is 22.7 Å². The first-order valence-corrected chi connectivity index (χ1v) is 10.8. The van der Waals surface area contributed by atoms with Gasteiger partial charge in [0.15, 0.2) is 4.96 Å². The second-order valence-electron chi connectivity index (χ2n) is 6.44. The van der Waals surface area contributed by atoms with Crippen molar-refractivity contribution in [1.82, 2.24) is 19.7 Å². The van der Waals surface area contributed by atoms with Crippen molar-refractivity contribution in [3.8, 4) is 17.4 Å². The van der Waals surface area contributed by atoms with E-state index in [1.54, 1.807) is 36.8 Å². The Labute approximate surface area is 179 Å². The number of carbonyl (C=O) groups excluding carboxylic acids is 1. The minimum atomic E-state index is -0.126. The summed E-state index contributed by atoms with van der Waals surface area (Å²) in [5.74, 6) is 1.70. The number of rotatable bonds is 6. The highest BCUT2D eigenvalue weighted by Gasteiger charge is 2.15. The third kappa shape index (κ3) is 3.60. The summed E-state index contributed by atoms with van der Waals surface area (Å²) >= 11 is 2.97. The highest BCUT2D eigenvalue weighted by molar-refractivity contribution is 7.21. The van der Waals surface area contributed by atoms with E-state index in [1.165, 1.54) is 11.3 Å². The number of aromatic nitrogens is 3. The van der Waals surface area contributed by atoms with Gasteiger partial charge in [0, 0.05) is 36.5 Å². The summed E-state index contributed by atoms with van der Waals surface area (Å²) in [5, 5.41) is 4.91. The summed E-state index contributed by atoms with van der Waals surface area (Å²) in [7, 11) is 1.61. The molecule has 1 N–H and O–H groups in total. The number of nitrogens with one attached hydrogen (secondary N) is 1. The molecule has 30 heavy (non-hydrogen) atoms. The van der Waals surface area contributed by atoms with E-state index in [0.717, 1.165) is 20.9 Å². The number of fused-ring (bicyclic) bond motifs is 3. The summed E-state index contributed by atoms with van der Waals surface area (Å²) in [6, 6.07) is 12.8. The Hall–Kier alpha value is -3.43. The molecule has 0 spiro atoms. The predicted octanol–water partition coefficient (Wildman–Crippen LogP) is 4.74. The first kappa shape index (κ1) is 18.6. The van der Waals surface area contributed by atoms with Crippen LogP contribution in [-0.4, -0.2) is 27.4 Å². The molecule has 0 aliphatic rings. The molecular weight excluding hydrogens is 420 g/mol. The fourth-order valence-electron chi connectivity index (χ4n) is 2.99. The number of hydrogen-bond donors (Lipinski definition) is 1. The number of carbonyl (C=O) groups is 1. The van der Waals surface area contributed by atoms with Gasteiger partial charge in [-0.15, -0.1) is 22.7 Å². The first-order valence-electron chi connectivity index (χ1n) is 9.10. The van der Waals surface area contributed by atoms with Crippen LogP contribution in [0.1, 0.15) is 15.2 Å². The van der Waals surface area contributed by atoms with E-state index in [0.29, 0.717) is 28.8 Å². The van der Waals surface area contributed by atoms with Crippen LogP contribution in [0.15, 0.2) is 60.2 Å². The number of ether oxygens (including phenoxy) is 2. The molecule has 5 aromatic rings. The molecule has 0 fully saturated rings. The molecule has 0 bridgehead atoms. The number of imidazole rings is 1. The maximum Gasteiger partial charge on any atom is 0.261 e. The summed E-state index contributed by atoms with van der Waals surface area (Å²) in [5.41, 5.74) is 1.84. The maximum atomic E-state index is 12.5. The molecule has 0 aliphatic heterocycles. The number of amides is 1. The van der Waals surface area contributed by atoms with Crippen molar-refractivity contribution in [2.45, 2.75) is 6.54 Å². The molecule has 0 unspecified atom stereocenters. The van der Waals surface area contributed by atoms with Crippen molar-refractivity contribution < 1.29 is 14.3 Å². The minimum Gasteiger partial charge on any atom is -0.497 e. The third-order valence-corrected chi connectivity index (χ3v) is 6.25. The number of thiazole rings is 1. The van der Waals surface area contributed by atoms with E-state index >= 15 is 0 Å². The van der Waals surface area contributed by atoms with Crippen LogP contribution in [0.3, 0.4) is 0 Å². The van der Waals surface area contributed by atoms with E-state index in [9.17, 15) is 4.79 Å². The van der Waals surface area contributed by atoms with Crippen molar-refractivity contribution >= 4 is 43.9 Å². The van der Waals surface area contributed by atoms with Crippen molar-refractivity contribution in [2.75, 3.05) is 7.11 Å². The molecule has 7 nitrogen and oxygen atoms in total. The highest BCUT2D eigenvalue weighted by Crippen LogP contribution is 2.28. The molecule has 0 aliphatic carbocycles. The number of methoxy groups -OCH3 is 1. The van der Waals surface area contributed by atoms with Gasteiger partial charge < -0.3 is 14.8 Å². The average molecular weight is 437 g/mol. The van der Waals surface area contributed by atoms with E-state index < -0.39 is 0 Å². The fraction of sp³-hybridized carbons (Fsp3) is 0.0952. The average Bonchev–Trinajstić information content (AvgIpc) is 3.46. The summed E-state index contributed by atoms with van der Waals surface area (Å²) < 4.78 is 12.9. The van der Waals surface area contributed by atoms with Crippen LogP contribution in [0.25, 0.3) is 15.3 Å². The van der Waals surface area contributed by atoms with Crippen LogP contribution in [0.2, 0.25) is 0 Å². The monoisotopic (exact) mass is 436 g/mol. The van der Waals surface area contributed by atoms with Gasteiger partial charge in [-0.1, -0.05) is 12.1 Å². The van der Waals surface area contributed by atoms with Gasteiger partial charge in [-0.25, -0.2) is 9.97 Å². The van der Waals surface area contributed by atoms with E-state index in [4.69, 9.17) is 9.47 Å². The molecule has 4 heterocycles. The normalized spacial score (nSPS) is 11.1. The zero-order chi connectivity index (χ0) is 20.5. The van der Waals surface area contributed by atoms with E-state index in [-0.39, 0.29) is 5.91 Å². The van der Waals surface area contributed by atoms with Crippen LogP contribution in [0.5, 0.6) is 17.4 Å². The Morgan fingerprint density at radius 2 is 2.10 bits per heavy atom. The second kappa shape index (κ2) is 7.77. The molecule has 9 heteroatoms. The lowest BCUT2D eigenvalue weighted by Crippen LogP contribution is -2.21. The Morgan fingerprint density at radius 1 is 1.20 bits per heavy atom. The van der Waals surface area contributed by atoms with Gasteiger partial charge in [-0.05, 0) is 23.8 Å². The second-order valence-corrected chi connectivity index (χ2v) is 8.34. The molecule has 0 atom stereocenters. The standard InChI is InChI=1S/C21H16N4O3S2/c1-27-14-3-2-4-15(9-14)28-18-6-5-13(11-22-18)12-23-19(26)17-10-16-20(30-17)24-21-25(16)7-8-29-21/h2-11H,12H2,1H3,(H,23,26). The molecule has 4 aromatic heterocycles. The molecule has 1 aromatic carbocycles. The molecule has 0 radical (unpaired) electrons. The Balaban J connectivity index is 1.22. The topological polar surface area (TPSA) is 77.8 Å². The molecule has 5 rings (SSSR count). The molecule has 0 saturated heterocycles. The SMILES string of the molecule is COc1cccc(Oc2ccc(CNC(=O)c3cc4c(nc5sccn54)s3)cn2)c1. The predicted molar refractivity (Wildman–Crippen MR) is 117 cm³/mol. The summed E-state index contributed by atoms with van der Waals surface area (Å²) in [6.07, 6.45) is 3.65. The molecule has 1 amide bonds. The number of benzene rings is 1. The zero-order valence-corrected chi connectivity index (χ0v) is 17.5. The van der Waals surface area contributed by atoms with Gasteiger partial charge in [0.2, 0.25) is 5.88 Å².